The van der Waals surface area contributed by atoms with E-state index in [1.54, 1.807) is 12.1 Å². The van der Waals surface area contributed by atoms with Gasteiger partial charge in [0.2, 0.25) is 0 Å². The Hall–Kier alpha value is -2.44. The van der Waals surface area contributed by atoms with E-state index in [1.807, 2.05) is 38.1 Å². The van der Waals surface area contributed by atoms with Crippen LogP contribution in [-0.2, 0) is 13.1 Å². The van der Waals surface area contributed by atoms with Crippen molar-refractivity contribution < 1.29 is 19.7 Å². The molecule has 0 unspecified atom stereocenters. The highest BCUT2D eigenvalue weighted by Gasteiger charge is 2.08. The number of aromatic hydroxyl groups is 2. The first kappa shape index (κ1) is 20.9. The van der Waals surface area contributed by atoms with Crippen LogP contribution in [0.4, 0.5) is 0 Å². The zero-order valence-corrected chi connectivity index (χ0v) is 16.1. The minimum atomic E-state index is 0.203. The second-order valence-electron chi connectivity index (χ2n) is 6.10. The minimum absolute atomic E-state index is 0.203. The smallest absolute Gasteiger partial charge is 0.162 e. The second-order valence-corrected chi connectivity index (χ2v) is 6.10. The third-order valence-electron chi connectivity index (χ3n) is 4.10. The first-order valence-corrected chi connectivity index (χ1v) is 9.46. The van der Waals surface area contributed by atoms with E-state index in [1.165, 1.54) is 0 Å². The zero-order valence-electron chi connectivity index (χ0n) is 16.1. The number of benzene rings is 2. The third-order valence-corrected chi connectivity index (χ3v) is 4.10. The minimum Gasteiger partial charge on any atom is -0.504 e. The molecule has 27 heavy (non-hydrogen) atoms. The largest absolute Gasteiger partial charge is 0.504 e. The maximum absolute atomic E-state index is 10.2. The lowest BCUT2D eigenvalue weighted by atomic mass is 10.2. The van der Waals surface area contributed by atoms with Gasteiger partial charge < -0.3 is 30.3 Å². The molecule has 0 heterocycles. The molecule has 0 aliphatic carbocycles. The Morgan fingerprint density at radius 1 is 0.741 bits per heavy atom. The Bertz CT molecular complexity index is 647. The summed E-state index contributed by atoms with van der Waals surface area (Å²) in [6, 6.07) is 11.1. The van der Waals surface area contributed by atoms with Crippen LogP contribution in [0.15, 0.2) is 36.4 Å². The van der Waals surface area contributed by atoms with Crippen molar-refractivity contribution in [2.75, 3.05) is 26.3 Å². The van der Waals surface area contributed by atoms with Crippen LogP contribution in [-0.4, -0.2) is 36.5 Å². The summed E-state index contributed by atoms with van der Waals surface area (Å²) in [5, 5.41) is 27.0. The molecule has 0 radical (unpaired) electrons. The van der Waals surface area contributed by atoms with Crippen LogP contribution in [0.25, 0.3) is 0 Å². The third kappa shape index (κ3) is 6.34. The standard InChI is InChI=1S/C21H30N2O4/c1-3-26-18-10-5-8-16(20(18)24)14-22-12-7-13-23-15-17-9-6-11-19(21(17)25)27-4-2/h5-6,8-11,22-25H,3-4,7,12-15H2,1-2H3. The van der Waals surface area contributed by atoms with E-state index in [0.717, 1.165) is 30.6 Å². The highest BCUT2D eigenvalue weighted by molar-refractivity contribution is 5.46. The monoisotopic (exact) mass is 374 g/mol. The van der Waals surface area contributed by atoms with Crippen molar-refractivity contribution in [3.8, 4) is 23.0 Å². The van der Waals surface area contributed by atoms with Crippen molar-refractivity contribution >= 4 is 0 Å². The number of hydrogen-bond donors (Lipinski definition) is 4. The van der Waals surface area contributed by atoms with E-state index in [2.05, 4.69) is 10.6 Å². The molecule has 0 bridgehead atoms. The van der Waals surface area contributed by atoms with Crippen LogP contribution < -0.4 is 20.1 Å². The van der Waals surface area contributed by atoms with E-state index < -0.39 is 0 Å². The van der Waals surface area contributed by atoms with E-state index in [-0.39, 0.29) is 11.5 Å². The summed E-state index contributed by atoms with van der Waals surface area (Å²) in [5.41, 5.74) is 1.65. The van der Waals surface area contributed by atoms with Crippen molar-refractivity contribution in [2.24, 2.45) is 0 Å². The van der Waals surface area contributed by atoms with Crippen molar-refractivity contribution in [3.05, 3.63) is 47.5 Å². The number of ether oxygens (including phenoxy) is 2. The topological polar surface area (TPSA) is 83.0 Å². The van der Waals surface area contributed by atoms with Crippen molar-refractivity contribution in [1.82, 2.24) is 10.6 Å². The summed E-state index contributed by atoms with van der Waals surface area (Å²) in [6.45, 7) is 7.65. The van der Waals surface area contributed by atoms with Gasteiger partial charge in [-0.05, 0) is 45.5 Å². The number of para-hydroxylation sites is 2. The SMILES string of the molecule is CCOc1cccc(CNCCCNCc2cccc(OCC)c2O)c1O. The Morgan fingerprint density at radius 2 is 1.19 bits per heavy atom. The molecule has 4 N–H and O–H groups in total. The summed E-state index contributed by atoms with van der Waals surface area (Å²) >= 11 is 0. The van der Waals surface area contributed by atoms with Gasteiger partial charge >= 0.3 is 0 Å². The van der Waals surface area contributed by atoms with E-state index >= 15 is 0 Å². The molecule has 2 aromatic carbocycles. The van der Waals surface area contributed by atoms with E-state index in [0.29, 0.717) is 37.8 Å². The van der Waals surface area contributed by atoms with Gasteiger partial charge in [0.05, 0.1) is 13.2 Å². The summed E-state index contributed by atoms with van der Waals surface area (Å²) in [5.74, 6) is 1.45. The summed E-state index contributed by atoms with van der Waals surface area (Å²) < 4.78 is 10.8. The van der Waals surface area contributed by atoms with Crippen molar-refractivity contribution in [3.63, 3.8) is 0 Å². The number of phenolic OH excluding ortho intramolecular Hbond substituents is 2. The van der Waals surface area contributed by atoms with Crippen molar-refractivity contribution in [1.29, 1.82) is 0 Å². The molecule has 0 aromatic heterocycles. The summed E-state index contributed by atoms with van der Waals surface area (Å²) in [4.78, 5) is 0. The quantitative estimate of drug-likeness (QED) is 0.427. The number of nitrogens with one attached hydrogen (secondary N) is 2. The van der Waals surface area contributed by atoms with Crippen LogP contribution in [0.1, 0.15) is 31.4 Å². The molecule has 0 saturated carbocycles. The lowest BCUT2D eigenvalue weighted by molar-refractivity contribution is 0.316. The van der Waals surface area contributed by atoms with Gasteiger partial charge in [0.15, 0.2) is 23.0 Å². The average molecular weight is 374 g/mol. The molecular formula is C21H30N2O4. The number of phenols is 2. The molecule has 0 fully saturated rings. The lowest BCUT2D eigenvalue weighted by Gasteiger charge is -2.12. The fourth-order valence-corrected chi connectivity index (χ4v) is 2.75. The molecular weight excluding hydrogens is 344 g/mol. The molecule has 6 heteroatoms. The van der Waals surface area contributed by atoms with Crippen LogP contribution in [0.3, 0.4) is 0 Å². The Kier molecular flexibility index (Phi) is 8.74. The first-order chi connectivity index (χ1) is 13.2. The van der Waals surface area contributed by atoms with Gasteiger partial charge in [0.25, 0.3) is 0 Å². The predicted octanol–water partition coefficient (Wildman–Crippen LogP) is 3.16. The molecule has 2 aromatic rings. The van der Waals surface area contributed by atoms with Crippen LogP contribution in [0.5, 0.6) is 23.0 Å². The van der Waals surface area contributed by atoms with Gasteiger partial charge in [-0.25, -0.2) is 0 Å². The molecule has 0 aliphatic rings. The van der Waals surface area contributed by atoms with Crippen LogP contribution in [0.2, 0.25) is 0 Å². The van der Waals surface area contributed by atoms with E-state index in [9.17, 15) is 10.2 Å². The molecule has 6 nitrogen and oxygen atoms in total. The van der Waals surface area contributed by atoms with E-state index in [4.69, 9.17) is 9.47 Å². The lowest BCUT2D eigenvalue weighted by Crippen LogP contribution is -2.21. The predicted molar refractivity (Wildman–Crippen MR) is 107 cm³/mol. The Balaban J connectivity index is 1.67. The molecule has 0 saturated heterocycles. The molecule has 0 amide bonds. The molecule has 0 aliphatic heterocycles. The first-order valence-electron chi connectivity index (χ1n) is 9.46. The van der Waals surface area contributed by atoms with Gasteiger partial charge in [-0.1, -0.05) is 24.3 Å². The number of rotatable bonds is 12. The second kappa shape index (κ2) is 11.3. The fraction of sp³-hybridized carbons (Fsp3) is 0.429. The van der Waals surface area contributed by atoms with Crippen LogP contribution >= 0.6 is 0 Å². The van der Waals surface area contributed by atoms with Gasteiger partial charge in [-0.15, -0.1) is 0 Å². The van der Waals surface area contributed by atoms with Gasteiger partial charge in [0.1, 0.15) is 0 Å². The summed E-state index contributed by atoms with van der Waals surface area (Å²) in [6.07, 6.45) is 0.928. The average Bonchev–Trinajstić information content (AvgIpc) is 2.67. The highest BCUT2D eigenvalue weighted by atomic mass is 16.5. The van der Waals surface area contributed by atoms with Gasteiger partial charge in [-0.2, -0.15) is 0 Å². The normalized spacial score (nSPS) is 10.7. The molecule has 2 rings (SSSR count). The van der Waals surface area contributed by atoms with Gasteiger partial charge in [0, 0.05) is 24.2 Å². The maximum Gasteiger partial charge on any atom is 0.162 e. The maximum atomic E-state index is 10.2. The van der Waals surface area contributed by atoms with Gasteiger partial charge in [-0.3, -0.25) is 0 Å². The zero-order chi connectivity index (χ0) is 19.5. The molecule has 0 atom stereocenters. The summed E-state index contributed by atoms with van der Waals surface area (Å²) in [7, 11) is 0. The molecule has 148 valence electrons. The Labute approximate surface area is 161 Å². The highest BCUT2D eigenvalue weighted by Crippen LogP contribution is 2.30. The molecule has 0 spiro atoms. The van der Waals surface area contributed by atoms with Crippen molar-refractivity contribution in [2.45, 2.75) is 33.4 Å². The number of hydrogen-bond acceptors (Lipinski definition) is 6. The van der Waals surface area contributed by atoms with Crippen LogP contribution in [0, 0.1) is 0 Å². The fourth-order valence-electron chi connectivity index (χ4n) is 2.75. The Morgan fingerprint density at radius 3 is 1.59 bits per heavy atom.